The first-order valence-electron chi connectivity index (χ1n) is 4.19. The maximum Gasteiger partial charge on any atom is 0.309 e. The summed E-state index contributed by atoms with van der Waals surface area (Å²) in [6, 6.07) is 4.24. The summed E-state index contributed by atoms with van der Waals surface area (Å²) in [6.45, 7) is 1.52. The van der Waals surface area contributed by atoms with Crippen LogP contribution in [-0.4, -0.2) is 11.1 Å². The Labute approximate surface area is 94.0 Å². The van der Waals surface area contributed by atoms with Crippen molar-refractivity contribution in [2.45, 2.75) is 19.3 Å². The zero-order valence-corrected chi connectivity index (χ0v) is 9.51. The van der Waals surface area contributed by atoms with Crippen LogP contribution in [0.4, 0.5) is 8.78 Å². The van der Waals surface area contributed by atoms with Crippen molar-refractivity contribution in [1.29, 1.82) is 0 Å². The van der Waals surface area contributed by atoms with E-state index in [1.54, 1.807) is 0 Å². The molecule has 1 rings (SSSR count). The zero-order valence-electron chi connectivity index (χ0n) is 7.93. The van der Waals surface area contributed by atoms with Crippen LogP contribution >= 0.6 is 15.9 Å². The zero-order chi connectivity index (χ0) is 11.6. The first kappa shape index (κ1) is 12.1. The number of hydrogen-bond acceptors (Lipinski definition) is 1. The number of carboxylic acids is 1. The number of carbonyl (C=O) groups is 1. The molecule has 0 spiro atoms. The topological polar surface area (TPSA) is 37.3 Å². The third-order valence-corrected chi connectivity index (χ3v) is 2.45. The second-order valence-electron chi connectivity index (χ2n) is 3.23. The van der Waals surface area contributed by atoms with Gasteiger partial charge >= 0.3 is 5.97 Å². The molecule has 0 atom stereocenters. The van der Waals surface area contributed by atoms with E-state index in [1.165, 1.54) is 25.1 Å². The molecule has 5 heteroatoms. The molecule has 0 aliphatic carbocycles. The molecule has 0 unspecified atom stereocenters. The predicted octanol–water partition coefficient (Wildman–Crippen LogP) is 3.32. The van der Waals surface area contributed by atoms with Gasteiger partial charge in [0, 0.05) is 10.0 Å². The Kier molecular flexibility index (Phi) is 3.44. The summed E-state index contributed by atoms with van der Waals surface area (Å²) in [5, 5.41) is 8.37. The lowest BCUT2D eigenvalue weighted by Gasteiger charge is -2.16. The highest BCUT2D eigenvalue weighted by Gasteiger charge is 2.35. The summed E-state index contributed by atoms with van der Waals surface area (Å²) in [5.74, 6) is -4.83. The number of hydrogen-bond donors (Lipinski definition) is 1. The highest BCUT2D eigenvalue weighted by molar-refractivity contribution is 9.10. The van der Waals surface area contributed by atoms with Crippen LogP contribution in [0.3, 0.4) is 0 Å². The number of halogens is 3. The smallest absolute Gasteiger partial charge is 0.309 e. The predicted molar refractivity (Wildman–Crippen MR) is 55.0 cm³/mol. The van der Waals surface area contributed by atoms with Gasteiger partial charge in [-0.2, -0.15) is 0 Å². The number of carboxylic acid groups (broad SMARTS) is 1. The van der Waals surface area contributed by atoms with Crippen LogP contribution in [0.2, 0.25) is 0 Å². The quantitative estimate of drug-likeness (QED) is 0.921. The Morgan fingerprint density at radius 1 is 1.53 bits per heavy atom. The van der Waals surface area contributed by atoms with Crippen LogP contribution in [-0.2, 0) is 10.7 Å². The van der Waals surface area contributed by atoms with Gasteiger partial charge in [0.25, 0.3) is 5.92 Å². The van der Waals surface area contributed by atoms with E-state index in [0.29, 0.717) is 10.0 Å². The molecule has 0 aliphatic rings. The first-order chi connectivity index (χ1) is 6.83. The molecule has 2 nitrogen and oxygen atoms in total. The van der Waals surface area contributed by atoms with Gasteiger partial charge in [-0.05, 0) is 24.6 Å². The summed E-state index contributed by atoms with van der Waals surface area (Å²) >= 11 is 3.15. The van der Waals surface area contributed by atoms with E-state index in [-0.39, 0.29) is 5.56 Å². The molecule has 15 heavy (non-hydrogen) atoms. The van der Waals surface area contributed by atoms with Crippen molar-refractivity contribution >= 4 is 21.9 Å². The third-order valence-electron chi connectivity index (χ3n) is 1.96. The van der Waals surface area contributed by atoms with Crippen LogP contribution in [0.5, 0.6) is 0 Å². The largest absolute Gasteiger partial charge is 0.481 e. The third kappa shape index (κ3) is 2.99. The fourth-order valence-electron chi connectivity index (χ4n) is 1.32. The van der Waals surface area contributed by atoms with Crippen molar-refractivity contribution in [1.82, 2.24) is 0 Å². The van der Waals surface area contributed by atoms with Gasteiger partial charge in [0.2, 0.25) is 0 Å². The molecule has 1 N–H and O–H groups in total. The average molecular weight is 279 g/mol. The number of alkyl halides is 2. The van der Waals surface area contributed by atoms with Crippen molar-refractivity contribution in [2.24, 2.45) is 0 Å². The SMILES string of the molecule is Cc1cc(Br)ccc1C(F)(F)CC(=O)O. The van der Waals surface area contributed by atoms with Gasteiger partial charge in [0.15, 0.2) is 0 Å². The standard InChI is InChI=1S/C10H9BrF2O2/c1-6-4-7(11)2-3-8(6)10(12,13)5-9(14)15/h2-4H,5H2,1H3,(H,14,15). The Hall–Kier alpha value is -0.970. The van der Waals surface area contributed by atoms with Gasteiger partial charge in [0.1, 0.15) is 6.42 Å². The van der Waals surface area contributed by atoms with E-state index in [9.17, 15) is 13.6 Å². The van der Waals surface area contributed by atoms with E-state index in [1.807, 2.05) is 0 Å². The summed E-state index contributed by atoms with van der Waals surface area (Å²) in [4.78, 5) is 10.3. The lowest BCUT2D eigenvalue weighted by molar-refractivity contribution is -0.145. The van der Waals surface area contributed by atoms with E-state index in [2.05, 4.69) is 15.9 Å². The normalized spacial score (nSPS) is 11.5. The number of benzene rings is 1. The maximum atomic E-state index is 13.4. The van der Waals surface area contributed by atoms with Crippen molar-refractivity contribution < 1.29 is 18.7 Å². The Bertz CT molecular complexity index is 391. The van der Waals surface area contributed by atoms with Gasteiger partial charge in [-0.15, -0.1) is 0 Å². The fourth-order valence-corrected chi connectivity index (χ4v) is 1.80. The number of rotatable bonds is 3. The molecule has 0 radical (unpaired) electrons. The molecular weight excluding hydrogens is 270 g/mol. The van der Waals surface area contributed by atoms with E-state index in [4.69, 9.17) is 5.11 Å². The van der Waals surface area contributed by atoms with E-state index >= 15 is 0 Å². The minimum Gasteiger partial charge on any atom is -0.481 e. The monoisotopic (exact) mass is 278 g/mol. The summed E-state index contributed by atoms with van der Waals surface area (Å²) in [6.07, 6.45) is -1.19. The lowest BCUT2D eigenvalue weighted by atomic mass is 10.0. The lowest BCUT2D eigenvalue weighted by Crippen LogP contribution is -2.19. The van der Waals surface area contributed by atoms with E-state index < -0.39 is 18.3 Å². The number of aliphatic carboxylic acids is 1. The molecule has 0 saturated carbocycles. The Morgan fingerprint density at radius 2 is 2.13 bits per heavy atom. The highest BCUT2D eigenvalue weighted by Crippen LogP contribution is 2.34. The fraction of sp³-hybridized carbons (Fsp3) is 0.300. The average Bonchev–Trinajstić information content (AvgIpc) is 1.99. The molecule has 0 bridgehead atoms. The van der Waals surface area contributed by atoms with Crippen molar-refractivity contribution in [2.75, 3.05) is 0 Å². The van der Waals surface area contributed by atoms with E-state index in [0.717, 1.165) is 0 Å². The van der Waals surface area contributed by atoms with Crippen molar-refractivity contribution in [3.63, 3.8) is 0 Å². The van der Waals surface area contributed by atoms with Gasteiger partial charge in [-0.25, -0.2) is 8.78 Å². The second-order valence-corrected chi connectivity index (χ2v) is 4.15. The molecular formula is C10H9BrF2O2. The van der Waals surface area contributed by atoms with Crippen LogP contribution in [0.25, 0.3) is 0 Å². The van der Waals surface area contributed by atoms with Gasteiger partial charge in [-0.1, -0.05) is 22.0 Å². The second kappa shape index (κ2) is 4.26. The molecule has 0 aromatic heterocycles. The molecule has 0 saturated heterocycles. The van der Waals surface area contributed by atoms with Crippen molar-refractivity contribution in [3.8, 4) is 0 Å². The molecule has 82 valence electrons. The Morgan fingerprint density at radius 3 is 2.60 bits per heavy atom. The van der Waals surface area contributed by atoms with Crippen LogP contribution in [0.1, 0.15) is 17.5 Å². The van der Waals surface area contributed by atoms with Gasteiger partial charge in [-0.3, -0.25) is 4.79 Å². The molecule has 0 fully saturated rings. The molecule has 0 aliphatic heterocycles. The van der Waals surface area contributed by atoms with Crippen molar-refractivity contribution in [3.05, 3.63) is 33.8 Å². The highest BCUT2D eigenvalue weighted by atomic mass is 79.9. The van der Waals surface area contributed by atoms with Gasteiger partial charge < -0.3 is 5.11 Å². The molecule has 1 aromatic carbocycles. The summed E-state index contributed by atoms with van der Waals surface area (Å²) < 4.78 is 27.5. The maximum absolute atomic E-state index is 13.4. The Balaban J connectivity index is 3.09. The minimum atomic E-state index is -3.32. The van der Waals surface area contributed by atoms with Crippen LogP contribution < -0.4 is 0 Å². The molecule has 0 heterocycles. The summed E-state index contributed by atoms with van der Waals surface area (Å²) in [7, 11) is 0. The van der Waals surface area contributed by atoms with Gasteiger partial charge in [0.05, 0.1) is 0 Å². The number of aryl methyl sites for hydroxylation is 1. The first-order valence-corrected chi connectivity index (χ1v) is 4.98. The molecule has 0 amide bonds. The van der Waals surface area contributed by atoms with Crippen LogP contribution in [0, 0.1) is 6.92 Å². The summed E-state index contributed by atoms with van der Waals surface area (Å²) in [5.41, 5.74) is 0.128. The van der Waals surface area contributed by atoms with Crippen LogP contribution in [0.15, 0.2) is 22.7 Å². The molecule has 1 aromatic rings. The minimum absolute atomic E-state index is 0.242.